The smallest absolute Gasteiger partial charge is 0.134 e. The molecule has 1 aliphatic heterocycles. The fraction of sp³-hybridized carbons (Fsp3) is 0.615. The number of hydrogen-bond acceptors (Lipinski definition) is 6. The molecule has 0 unspecified atom stereocenters. The van der Waals surface area contributed by atoms with Crippen LogP contribution >= 0.6 is 0 Å². The lowest BCUT2D eigenvalue weighted by atomic mass is 10.0. The molecule has 1 aromatic rings. The van der Waals surface area contributed by atoms with Crippen molar-refractivity contribution in [3.63, 3.8) is 0 Å². The van der Waals surface area contributed by atoms with Gasteiger partial charge in [0.05, 0.1) is 6.07 Å². The second-order valence-corrected chi connectivity index (χ2v) is 4.92. The van der Waals surface area contributed by atoms with Crippen LogP contribution in [0.2, 0.25) is 0 Å². The zero-order valence-corrected chi connectivity index (χ0v) is 11.5. The molecule has 0 aliphatic carbocycles. The van der Waals surface area contributed by atoms with Crippen LogP contribution in [0.25, 0.3) is 0 Å². The van der Waals surface area contributed by atoms with Crippen molar-refractivity contribution in [2.45, 2.75) is 18.9 Å². The first-order valence-corrected chi connectivity index (χ1v) is 6.55. The topological polar surface area (TPSA) is 68.1 Å². The summed E-state index contributed by atoms with van der Waals surface area (Å²) in [7, 11) is 4.23. The number of hydrogen-bond donors (Lipinski definition) is 1. The van der Waals surface area contributed by atoms with Crippen molar-refractivity contribution in [1.82, 2.24) is 14.9 Å². The van der Waals surface area contributed by atoms with Crippen molar-refractivity contribution in [3.8, 4) is 6.07 Å². The molecule has 19 heavy (non-hydrogen) atoms. The molecule has 0 aromatic carbocycles. The Morgan fingerprint density at radius 3 is 2.89 bits per heavy atom. The molecule has 0 radical (unpaired) electrons. The lowest BCUT2D eigenvalue weighted by Gasteiger charge is -2.35. The van der Waals surface area contributed by atoms with Gasteiger partial charge in [0.25, 0.3) is 0 Å². The van der Waals surface area contributed by atoms with Crippen LogP contribution in [-0.4, -0.2) is 54.6 Å². The van der Waals surface area contributed by atoms with Crippen molar-refractivity contribution in [3.05, 3.63) is 12.4 Å². The molecule has 2 rings (SSSR count). The maximum absolute atomic E-state index is 8.56. The highest BCUT2D eigenvalue weighted by Gasteiger charge is 2.21. The highest BCUT2D eigenvalue weighted by atomic mass is 15.2. The molecule has 1 aliphatic rings. The van der Waals surface area contributed by atoms with Crippen LogP contribution in [0.4, 0.5) is 11.6 Å². The van der Waals surface area contributed by atoms with Gasteiger partial charge in [-0.15, -0.1) is 0 Å². The number of nitrogens with zero attached hydrogens (tertiary/aromatic N) is 5. The van der Waals surface area contributed by atoms with E-state index < -0.39 is 0 Å². The van der Waals surface area contributed by atoms with Gasteiger partial charge in [-0.2, -0.15) is 5.26 Å². The van der Waals surface area contributed by atoms with E-state index in [1.807, 2.05) is 12.1 Å². The predicted molar refractivity (Wildman–Crippen MR) is 75.1 cm³/mol. The van der Waals surface area contributed by atoms with Gasteiger partial charge in [0.15, 0.2) is 0 Å². The highest BCUT2D eigenvalue weighted by molar-refractivity contribution is 5.49. The molecule has 1 N–H and O–H groups in total. The predicted octanol–water partition coefficient (Wildman–Crippen LogP) is 0.942. The summed E-state index contributed by atoms with van der Waals surface area (Å²) < 4.78 is 0. The van der Waals surface area contributed by atoms with Gasteiger partial charge >= 0.3 is 0 Å². The van der Waals surface area contributed by atoms with Crippen LogP contribution in [0, 0.1) is 11.3 Å². The van der Waals surface area contributed by atoms with E-state index in [0.29, 0.717) is 11.9 Å². The van der Waals surface area contributed by atoms with Crippen molar-refractivity contribution in [1.29, 1.82) is 5.26 Å². The lowest BCUT2D eigenvalue weighted by Crippen LogP contribution is -2.42. The van der Waals surface area contributed by atoms with Crippen LogP contribution < -0.4 is 10.2 Å². The van der Waals surface area contributed by atoms with Gasteiger partial charge in [-0.25, -0.2) is 9.97 Å². The normalized spacial score (nSPS) is 16.9. The molecular weight excluding hydrogens is 240 g/mol. The summed E-state index contributed by atoms with van der Waals surface area (Å²) in [5.74, 6) is 1.61. The molecule has 0 spiro atoms. The number of rotatable bonds is 4. The third-order valence-electron chi connectivity index (χ3n) is 3.60. The Kier molecular flexibility index (Phi) is 4.53. The number of aromatic nitrogens is 2. The summed E-state index contributed by atoms with van der Waals surface area (Å²) in [6.07, 6.45) is 3.84. The fourth-order valence-corrected chi connectivity index (χ4v) is 2.34. The van der Waals surface area contributed by atoms with Gasteiger partial charge in [-0.05, 0) is 33.0 Å². The van der Waals surface area contributed by atoms with Crippen LogP contribution in [0.3, 0.4) is 0 Å². The highest BCUT2D eigenvalue weighted by Crippen LogP contribution is 2.21. The van der Waals surface area contributed by atoms with E-state index in [1.165, 1.54) is 0 Å². The SMILES string of the molecule is CN1CCC(N(C)c2cc(NCC#N)ncn2)CC1. The maximum Gasteiger partial charge on any atom is 0.134 e. The second-order valence-electron chi connectivity index (χ2n) is 4.92. The van der Waals surface area contributed by atoms with Gasteiger partial charge in [-0.1, -0.05) is 0 Å². The van der Waals surface area contributed by atoms with E-state index in [2.05, 4.69) is 39.2 Å². The minimum Gasteiger partial charge on any atom is -0.357 e. The number of nitriles is 1. The minimum absolute atomic E-state index is 0.258. The molecule has 6 heteroatoms. The average Bonchev–Trinajstić information content (AvgIpc) is 2.45. The molecule has 0 atom stereocenters. The summed E-state index contributed by atoms with van der Waals surface area (Å²) in [5.41, 5.74) is 0. The number of nitrogens with one attached hydrogen (secondary N) is 1. The van der Waals surface area contributed by atoms with Crippen molar-refractivity contribution in [2.75, 3.05) is 43.9 Å². The van der Waals surface area contributed by atoms with Gasteiger partial charge in [0, 0.05) is 19.2 Å². The Morgan fingerprint density at radius 2 is 2.21 bits per heavy atom. The van der Waals surface area contributed by atoms with Gasteiger partial charge in [-0.3, -0.25) is 0 Å². The average molecular weight is 260 g/mol. The first-order valence-electron chi connectivity index (χ1n) is 6.55. The van der Waals surface area contributed by atoms with E-state index in [1.54, 1.807) is 6.33 Å². The van der Waals surface area contributed by atoms with E-state index in [0.717, 1.165) is 31.7 Å². The van der Waals surface area contributed by atoms with E-state index in [-0.39, 0.29) is 6.54 Å². The van der Waals surface area contributed by atoms with Gasteiger partial charge < -0.3 is 15.1 Å². The van der Waals surface area contributed by atoms with Crippen molar-refractivity contribution < 1.29 is 0 Å². The lowest BCUT2D eigenvalue weighted by molar-refractivity contribution is 0.252. The maximum atomic E-state index is 8.56. The summed E-state index contributed by atoms with van der Waals surface area (Å²) in [4.78, 5) is 13.0. The molecule has 1 aromatic heterocycles. The Morgan fingerprint density at radius 1 is 1.47 bits per heavy atom. The quantitative estimate of drug-likeness (QED) is 0.813. The monoisotopic (exact) mass is 260 g/mol. The van der Waals surface area contributed by atoms with Gasteiger partial charge in [0.2, 0.25) is 0 Å². The summed E-state index contributed by atoms with van der Waals surface area (Å²) in [5, 5.41) is 11.5. The number of anilines is 2. The van der Waals surface area contributed by atoms with Crippen molar-refractivity contribution in [2.24, 2.45) is 0 Å². The van der Waals surface area contributed by atoms with Crippen LogP contribution in [0.5, 0.6) is 0 Å². The summed E-state index contributed by atoms with van der Waals surface area (Å²) >= 11 is 0. The second kappa shape index (κ2) is 6.34. The molecule has 0 bridgehead atoms. The molecule has 0 saturated carbocycles. The van der Waals surface area contributed by atoms with E-state index >= 15 is 0 Å². The molecular formula is C13H20N6. The first-order chi connectivity index (χ1) is 9.20. The molecule has 2 heterocycles. The Bertz CT molecular complexity index is 447. The fourth-order valence-electron chi connectivity index (χ4n) is 2.34. The third-order valence-corrected chi connectivity index (χ3v) is 3.60. The molecule has 1 fully saturated rings. The Hall–Kier alpha value is -1.87. The minimum atomic E-state index is 0.258. The zero-order valence-electron chi connectivity index (χ0n) is 11.5. The Labute approximate surface area is 114 Å². The largest absolute Gasteiger partial charge is 0.357 e. The standard InChI is InChI=1S/C13H20N6/c1-18-7-3-11(4-8-18)19(2)13-9-12(15-6-5-14)16-10-17-13/h9-11H,3-4,6-8H2,1-2H3,(H,15,16,17). The molecule has 1 saturated heterocycles. The van der Waals surface area contributed by atoms with Crippen LogP contribution in [0.15, 0.2) is 12.4 Å². The first kappa shape index (κ1) is 13.6. The molecule has 102 valence electrons. The molecule has 6 nitrogen and oxygen atoms in total. The molecule has 0 amide bonds. The summed E-state index contributed by atoms with van der Waals surface area (Å²) in [6, 6.07) is 4.46. The van der Waals surface area contributed by atoms with Gasteiger partial charge in [0.1, 0.15) is 24.5 Å². The van der Waals surface area contributed by atoms with E-state index in [4.69, 9.17) is 5.26 Å². The Balaban J connectivity index is 2.02. The van der Waals surface area contributed by atoms with Crippen LogP contribution in [-0.2, 0) is 0 Å². The van der Waals surface area contributed by atoms with Crippen LogP contribution in [0.1, 0.15) is 12.8 Å². The zero-order chi connectivity index (χ0) is 13.7. The van der Waals surface area contributed by atoms with Crippen molar-refractivity contribution >= 4 is 11.6 Å². The summed E-state index contributed by atoms with van der Waals surface area (Å²) in [6.45, 7) is 2.51. The number of piperidine rings is 1. The van der Waals surface area contributed by atoms with E-state index in [9.17, 15) is 0 Å². The number of likely N-dealkylation sites (tertiary alicyclic amines) is 1. The third kappa shape index (κ3) is 3.55.